The number of anilines is 1. The molecule has 2 atom stereocenters. The number of aliphatic hydroxyl groups is 1. The second-order valence-corrected chi connectivity index (χ2v) is 8.45. The van der Waals surface area contributed by atoms with Crippen molar-refractivity contribution in [3.05, 3.63) is 72.5 Å². The number of β-amino-alcohol motifs (C(OH)–C–C–N with tert-alkyl or cyclic N) is 1. The number of hydrogen-bond acceptors (Lipinski definition) is 5. The summed E-state index contributed by atoms with van der Waals surface area (Å²) in [6.45, 7) is 5.54. The predicted octanol–water partition coefficient (Wildman–Crippen LogP) is 3.36. The Morgan fingerprint density at radius 1 is 1.06 bits per heavy atom. The quantitative estimate of drug-likeness (QED) is 0.550. The van der Waals surface area contributed by atoms with E-state index in [1.807, 2.05) is 49.4 Å². The molecule has 0 aliphatic carbocycles. The Morgan fingerprint density at radius 2 is 1.79 bits per heavy atom. The average molecular weight is 452 g/mol. The summed E-state index contributed by atoms with van der Waals surface area (Å²) < 4.78 is 19.3. The fourth-order valence-electron chi connectivity index (χ4n) is 4.17. The maximum atomic E-state index is 13.3. The van der Waals surface area contributed by atoms with Crippen LogP contribution in [0.2, 0.25) is 0 Å². The highest BCUT2D eigenvalue weighted by molar-refractivity contribution is 5.94. The molecule has 0 spiro atoms. The van der Waals surface area contributed by atoms with E-state index in [0.29, 0.717) is 25.3 Å². The molecule has 1 fully saturated rings. The molecule has 0 bridgehead atoms. The van der Waals surface area contributed by atoms with Gasteiger partial charge in [-0.1, -0.05) is 42.5 Å². The van der Waals surface area contributed by atoms with Crippen LogP contribution >= 0.6 is 0 Å². The predicted molar refractivity (Wildman–Crippen MR) is 128 cm³/mol. The van der Waals surface area contributed by atoms with Crippen LogP contribution in [0, 0.1) is 5.82 Å². The van der Waals surface area contributed by atoms with E-state index in [4.69, 9.17) is 4.74 Å². The van der Waals surface area contributed by atoms with Crippen molar-refractivity contribution >= 4 is 22.4 Å². The smallest absolute Gasteiger partial charge is 0.241 e. The number of piperazine rings is 1. The zero-order chi connectivity index (χ0) is 23.2. The number of ether oxygens (including phenoxy) is 1. The van der Waals surface area contributed by atoms with Crippen molar-refractivity contribution in [2.24, 2.45) is 0 Å². The van der Waals surface area contributed by atoms with Crippen LogP contribution in [0.1, 0.15) is 6.92 Å². The van der Waals surface area contributed by atoms with Gasteiger partial charge in [0.1, 0.15) is 24.3 Å². The van der Waals surface area contributed by atoms with Gasteiger partial charge in [-0.2, -0.15) is 0 Å². The van der Waals surface area contributed by atoms with E-state index in [1.165, 1.54) is 12.1 Å². The number of halogens is 1. The maximum absolute atomic E-state index is 13.3. The topological polar surface area (TPSA) is 65.0 Å². The minimum absolute atomic E-state index is 0.155. The Balaban J connectivity index is 1.22. The zero-order valence-electron chi connectivity index (χ0n) is 18.8. The Hall–Kier alpha value is -3.00. The molecule has 4 rings (SSSR count). The van der Waals surface area contributed by atoms with Gasteiger partial charge in [0.15, 0.2) is 0 Å². The van der Waals surface area contributed by atoms with E-state index < -0.39 is 6.10 Å². The Morgan fingerprint density at radius 3 is 2.58 bits per heavy atom. The van der Waals surface area contributed by atoms with Crippen molar-refractivity contribution in [2.75, 3.05) is 44.6 Å². The molecule has 0 saturated carbocycles. The molecule has 1 aliphatic heterocycles. The molecule has 33 heavy (non-hydrogen) atoms. The van der Waals surface area contributed by atoms with Crippen LogP contribution in [0.25, 0.3) is 10.8 Å². The first-order valence-corrected chi connectivity index (χ1v) is 11.3. The minimum atomic E-state index is -0.607. The molecule has 174 valence electrons. The lowest BCUT2D eigenvalue weighted by Crippen LogP contribution is -2.54. The van der Waals surface area contributed by atoms with Crippen molar-refractivity contribution in [1.82, 2.24) is 9.80 Å². The lowest BCUT2D eigenvalue weighted by Gasteiger charge is -2.38. The maximum Gasteiger partial charge on any atom is 0.241 e. The summed E-state index contributed by atoms with van der Waals surface area (Å²) in [6, 6.07) is 19.5. The Bertz CT molecular complexity index is 1080. The first-order valence-electron chi connectivity index (χ1n) is 11.3. The summed E-state index contributed by atoms with van der Waals surface area (Å²) in [5.41, 5.74) is 0.458. The van der Waals surface area contributed by atoms with Crippen LogP contribution in [0.4, 0.5) is 10.1 Å². The summed E-state index contributed by atoms with van der Waals surface area (Å²) in [5, 5.41) is 15.4. The van der Waals surface area contributed by atoms with Gasteiger partial charge in [0.05, 0.1) is 6.04 Å². The SMILES string of the molecule is CC(C(=O)Nc1cccc(F)c1)N1CCN(CC(O)COc2cccc3ccccc23)CC1. The molecule has 3 aromatic rings. The van der Waals surface area contributed by atoms with Gasteiger partial charge >= 0.3 is 0 Å². The number of benzene rings is 3. The van der Waals surface area contributed by atoms with Crippen molar-refractivity contribution in [2.45, 2.75) is 19.1 Å². The van der Waals surface area contributed by atoms with Crippen LogP contribution in [-0.4, -0.2) is 72.3 Å². The number of carbonyl (C=O) groups excluding carboxylic acids is 1. The number of nitrogens with one attached hydrogen (secondary N) is 1. The fourth-order valence-corrected chi connectivity index (χ4v) is 4.17. The second-order valence-electron chi connectivity index (χ2n) is 8.45. The highest BCUT2D eigenvalue weighted by Gasteiger charge is 2.26. The number of fused-ring (bicyclic) bond motifs is 1. The average Bonchev–Trinajstić information content (AvgIpc) is 2.82. The Kier molecular flexibility index (Phi) is 7.54. The van der Waals surface area contributed by atoms with Gasteiger partial charge in [0, 0.05) is 43.8 Å². The van der Waals surface area contributed by atoms with Gasteiger partial charge in [-0.15, -0.1) is 0 Å². The first-order chi connectivity index (χ1) is 16.0. The van der Waals surface area contributed by atoms with E-state index in [9.17, 15) is 14.3 Å². The molecule has 0 aromatic heterocycles. The molecule has 0 radical (unpaired) electrons. The first kappa shape index (κ1) is 23.2. The van der Waals surface area contributed by atoms with Crippen molar-refractivity contribution in [3.63, 3.8) is 0 Å². The van der Waals surface area contributed by atoms with E-state index >= 15 is 0 Å². The highest BCUT2D eigenvalue weighted by Crippen LogP contribution is 2.25. The van der Waals surface area contributed by atoms with E-state index in [-0.39, 0.29) is 24.4 Å². The molecule has 1 saturated heterocycles. The summed E-state index contributed by atoms with van der Waals surface area (Å²) in [7, 11) is 0. The molecule has 2 unspecified atom stereocenters. The van der Waals surface area contributed by atoms with Crippen LogP contribution in [-0.2, 0) is 4.79 Å². The number of aliphatic hydroxyl groups excluding tert-OH is 1. The van der Waals surface area contributed by atoms with Crippen LogP contribution in [0.3, 0.4) is 0 Å². The number of amides is 1. The van der Waals surface area contributed by atoms with Gasteiger partial charge in [-0.25, -0.2) is 4.39 Å². The third-order valence-corrected chi connectivity index (χ3v) is 6.08. The summed E-state index contributed by atoms with van der Waals surface area (Å²) in [6.07, 6.45) is -0.607. The zero-order valence-corrected chi connectivity index (χ0v) is 18.8. The summed E-state index contributed by atoms with van der Waals surface area (Å²) in [4.78, 5) is 16.8. The van der Waals surface area contributed by atoms with E-state index in [0.717, 1.165) is 29.6 Å². The number of carbonyl (C=O) groups is 1. The molecular formula is C26H30FN3O3. The third-order valence-electron chi connectivity index (χ3n) is 6.08. The molecule has 1 aliphatic rings. The van der Waals surface area contributed by atoms with Crippen molar-refractivity contribution in [1.29, 1.82) is 0 Å². The monoisotopic (exact) mass is 451 g/mol. The van der Waals surface area contributed by atoms with E-state index in [1.54, 1.807) is 12.1 Å². The van der Waals surface area contributed by atoms with Crippen LogP contribution < -0.4 is 10.1 Å². The normalized spacial score (nSPS) is 16.9. The fraction of sp³-hybridized carbons (Fsp3) is 0.346. The molecule has 1 heterocycles. The minimum Gasteiger partial charge on any atom is -0.490 e. The molecule has 3 aromatic carbocycles. The van der Waals surface area contributed by atoms with Gasteiger partial charge in [-0.3, -0.25) is 14.6 Å². The second kappa shape index (κ2) is 10.7. The van der Waals surface area contributed by atoms with Crippen LogP contribution in [0.15, 0.2) is 66.7 Å². The Labute approximate surface area is 193 Å². The molecule has 2 N–H and O–H groups in total. The standard InChI is InChI=1S/C26H30FN3O3/c1-19(26(32)28-22-9-5-8-21(27)16-22)30-14-12-29(13-15-30)17-23(31)18-33-25-11-4-7-20-6-2-3-10-24(20)25/h2-11,16,19,23,31H,12-15,17-18H2,1H3,(H,28,32). The van der Waals surface area contributed by atoms with Gasteiger partial charge in [-0.05, 0) is 36.6 Å². The third kappa shape index (κ3) is 6.07. The van der Waals surface area contributed by atoms with Gasteiger partial charge < -0.3 is 15.2 Å². The van der Waals surface area contributed by atoms with E-state index in [2.05, 4.69) is 15.1 Å². The van der Waals surface area contributed by atoms with Gasteiger partial charge in [0.25, 0.3) is 0 Å². The molecule has 7 heteroatoms. The summed E-state index contributed by atoms with van der Waals surface area (Å²) in [5.74, 6) is 0.240. The van der Waals surface area contributed by atoms with Crippen molar-refractivity contribution in [3.8, 4) is 5.75 Å². The van der Waals surface area contributed by atoms with Crippen molar-refractivity contribution < 1.29 is 19.0 Å². The summed E-state index contributed by atoms with van der Waals surface area (Å²) >= 11 is 0. The molecule has 6 nitrogen and oxygen atoms in total. The number of rotatable bonds is 8. The largest absolute Gasteiger partial charge is 0.490 e. The number of nitrogens with zero attached hydrogens (tertiary/aromatic N) is 2. The molecule has 1 amide bonds. The lowest BCUT2D eigenvalue weighted by molar-refractivity contribution is -0.121. The number of hydrogen-bond donors (Lipinski definition) is 2. The van der Waals surface area contributed by atoms with Gasteiger partial charge in [0.2, 0.25) is 5.91 Å². The highest BCUT2D eigenvalue weighted by atomic mass is 19.1. The van der Waals surface area contributed by atoms with Crippen LogP contribution in [0.5, 0.6) is 5.75 Å². The lowest BCUT2D eigenvalue weighted by atomic mass is 10.1. The molecular weight excluding hydrogens is 421 g/mol.